The number of anilines is 2. The van der Waals surface area contributed by atoms with Gasteiger partial charge in [0.1, 0.15) is 11.5 Å². The first-order valence-corrected chi connectivity index (χ1v) is 9.03. The molecule has 6 nitrogen and oxygen atoms in total. The maximum atomic E-state index is 11.1. The fraction of sp³-hybridized carbons (Fsp3) is 0.333. The van der Waals surface area contributed by atoms with Gasteiger partial charge in [0.2, 0.25) is 5.91 Å². The molecule has 2 aromatic carbocycles. The monoisotopic (exact) mass is 367 g/mol. The van der Waals surface area contributed by atoms with Crippen molar-refractivity contribution in [1.82, 2.24) is 0 Å². The molecule has 1 N–H and O–H groups in total. The Hall–Kier alpha value is -3.02. The fourth-order valence-electron chi connectivity index (χ4n) is 3.19. The average molecular weight is 367 g/mol. The topological polar surface area (TPSA) is 63.2 Å². The molecule has 2 aromatic rings. The zero-order chi connectivity index (χ0) is 19.2. The Bertz CT molecular complexity index is 825. The molecule has 1 heterocycles. The lowest BCUT2D eigenvalue weighted by Crippen LogP contribution is -2.18. The minimum atomic E-state index is -0.0961. The predicted octanol–water partition coefficient (Wildman–Crippen LogP) is 4.01. The maximum Gasteiger partial charge on any atom is 0.221 e. The predicted molar refractivity (Wildman–Crippen MR) is 109 cm³/mol. The van der Waals surface area contributed by atoms with Crippen molar-refractivity contribution in [3.63, 3.8) is 0 Å². The number of hydrogen-bond acceptors (Lipinski definition) is 5. The van der Waals surface area contributed by atoms with Gasteiger partial charge in [0, 0.05) is 43.5 Å². The number of nitrogens with zero attached hydrogens (tertiary/aromatic N) is 2. The number of benzene rings is 2. The lowest BCUT2D eigenvalue weighted by molar-refractivity contribution is -0.114. The standard InChI is InChI=1S/C21H25N3O3/c1-15(25)23-18-8-6-17(7-9-18)22-14-16-12-21(27-3)19(13-20(16)26-2)24-10-4-5-11-24/h6-9,12-14H,4-5,10-11H2,1-3H3,(H,23,25). The summed E-state index contributed by atoms with van der Waals surface area (Å²) in [6, 6.07) is 11.3. The molecule has 0 spiro atoms. The molecule has 1 aliphatic heterocycles. The first-order valence-electron chi connectivity index (χ1n) is 9.03. The number of amides is 1. The second-order valence-electron chi connectivity index (χ2n) is 6.45. The zero-order valence-corrected chi connectivity index (χ0v) is 16.0. The van der Waals surface area contributed by atoms with Crippen LogP contribution in [0.5, 0.6) is 11.5 Å². The van der Waals surface area contributed by atoms with Crippen LogP contribution in [0.1, 0.15) is 25.3 Å². The van der Waals surface area contributed by atoms with E-state index in [9.17, 15) is 4.79 Å². The van der Waals surface area contributed by atoms with E-state index < -0.39 is 0 Å². The minimum absolute atomic E-state index is 0.0961. The first kappa shape index (κ1) is 18.8. The molecule has 1 aliphatic rings. The van der Waals surface area contributed by atoms with E-state index in [-0.39, 0.29) is 5.91 Å². The number of aliphatic imine (C=N–C) groups is 1. The van der Waals surface area contributed by atoms with Gasteiger partial charge in [0.15, 0.2) is 0 Å². The molecule has 0 saturated carbocycles. The summed E-state index contributed by atoms with van der Waals surface area (Å²) in [5.74, 6) is 1.48. The number of carbonyl (C=O) groups is 1. The van der Waals surface area contributed by atoms with Gasteiger partial charge in [-0.2, -0.15) is 0 Å². The number of nitrogens with one attached hydrogen (secondary N) is 1. The Morgan fingerprint density at radius 3 is 2.33 bits per heavy atom. The molecule has 1 amide bonds. The molecule has 0 unspecified atom stereocenters. The van der Waals surface area contributed by atoms with Crippen molar-refractivity contribution in [2.75, 3.05) is 37.5 Å². The van der Waals surface area contributed by atoms with Gasteiger partial charge in [-0.05, 0) is 43.2 Å². The van der Waals surface area contributed by atoms with Crippen molar-refractivity contribution in [1.29, 1.82) is 0 Å². The third-order valence-electron chi connectivity index (χ3n) is 4.52. The molecule has 142 valence electrons. The van der Waals surface area contributed by atoms with E-state index >= 15 is 0 Å². The van der Waals surface area contributed by atoms with Crippen LogP contribution < -0.4 is 19.7 Å². The molecule has 6 heteroatoms. The second kappa shape index (κ2) is 8.58. The van der Waals surface area contributed by atoms with Crippen LogP contribution >= 0.6 is 0 Å². The van der Waals surface area contributed by atoms with Crippen molar-refractivity contribution in [3.05, 3.63) is 42.0 Å². The Morgan fingerprint density at radius 2 is 1.74 bits per heavy atom. The lowest BCUT2D eigenvalue weighted by Gasteiger charge is -2.22. The molecule has 0 aromatic heterocycles. The molecule has 0 atom stereocenters. The fourth-order valence-corrected chi connectivity index (χ4v) is 3.19. The highest BCUT2D eigenvalue weighted by molar-refractivity contribution is 5.90. The van der Waals surface area contributed by atoms with Crippen LogP contribution in [0.2, 0.25) is 0 Å². The van der Waals surface area contributed by atoms with Crippen LogP contribution in [0.15, 0.2) is 41.4 Å². The SMILES string of the molecule is COc1cc(N2CCCC2)c(OC)cc1C=Nc1ccc(NC(C)=O)cc1. The van der Waals surface area contributed by atoms with Gasteiger partial charge in [-0.3, -0.25) is 9.79 Å². The summed E-state index contributed by atoms with van der Waals surface area (Å²) in [7, 11) is 3.35. The summed E-state index contributed by atoms with van der Waals surface area (Å²) >= 11 is 0. The van der Waals surface area contributed by atoms with E-state index in [2.05, 4.69) is 15.2 Å². The summed E-state index contributed by atoms with van der Waals surface area (Å²) in [5.41, 5.74) is 3.44. The van der Waals surface area contributed by atoms with Crippen LogP contribution in [0.4, 0.5) is 17.1 Å². The van der Waals surface area contributed by atoms with Gasteiger partial charge in [0.05, 0.1) is 25.6 Å². The summed E-state index contributed by atoms with van der Waals surface area (Å²) < 4.78 is 11.2. The number of carbonyl (C=O) groups excluding carboxylic acids is 1. The molecular formula is C21H25N3O3. The molecule has 1 saturated heterocycles. The van der Waals surface area contributed by atoms with Crippen molar-refractivity contribution in [3.8, 4) is 11.5 Å². The van der Waals surface area contributed by atoms with E-state index in [0.717, 1.165) is 47.2 Å². The van der Waals surface area contributed by atoms with E-state index in [1.165, 1.54) is 19.8 Å². The third-order valence-corrected chi connectivity index (χ3v) is 4.52. The largest absolute Gasteiger partial charge is 0.496 e. The van der Waals surface area contributed by atoms with Crippen molar-refractivity contribution < 1.29 is 14.3 Å². The van der Waals surface area contributed by atoms with Crippen molar-refractivity contribution in [2.45, 2.75) is 19.8 Å². The number of methoxy groups -OCH3 is 2. The van der Waals surface area contributed by atoms with Gasteiger partial charge in [-0.25, -0.2) is 0 Å². The van der Waals surface area contributed by atoms with Gasteiger partial charge in [-0.15, -0.1) is 0 Å². The lowest BCUT2D eigenvalue weighted by atomic mass is 10.1. The maximum absolute atomic E-state index is 11.1. The Morgan fingerprint density at radius 1 is 1.07 bits per heavy atom. The minimum Gasteiger partial charge on any atom is -0.496 e. The number of rotatable bonds is 6. The highest BCUT2D eigenvalue weighted by Gasteiger charge is 2.19. The first-order chi connectivity index (χ1) is 13.1. The van der Waals surface area contributed by atoms with Crippen LogP contribution in [-0.2, 0) is 4.79 Å². The molecule has 0 bridgehead atoms. The quantitative estimate of drug-likeness (QED) is 0.784. The molecular weight excluding hydrogens is 342 g/mol. The highest BCUT2D eigenvalue weighted by atomic mass is 16.5. The van der Waals surface area contributed by atoms with Crippen LogP contribution in [0, 0.1) is 0 Å². The average Bonchev–Trinajstić information content (AvgIpc) is 3.21. The zero-order valence-electron chi connectivity index (χ0n) is 16.0. The number of ether oxygens (including phenoxy) is 2. The van der Waals surface area contributed by atoms with Crippen molar-refractivity contribution >= 4 is 29.2 Å². The molecule has 0 radical (unpaired) electrons. The van der Waals surface area contributed by atoms with E-state index in [1.807, 2.05) is 36.4 Å². The second-order valence-corrected chi connectivity index (χ2v) is 6.45. The third kappa shape index (κ3) is 4.58. The summed E-state index contributed by atoms with van der Waals surface area (Å²) in [4.78, 5) is 17.9. The van der Waals surface area contributed by atoms with Gasteiger partial charge in [-0.1, -0.05) is 0 Å². The normalized spacial score (nSPS) is 13.8. The van der Waals surface area contributed by atoms with Gasteiger partial charge < -0.3 is 19.7 Å². The number of hydrogen-bond donors (Lipinski definition) is 1. The van der Waals surface area contributed by atoms with Crippen LogP contribution in [-0.4, -0.2) is 39.4 Å². The van der Waals surface area contributed by atoms with Crippen LogP contribution in [0.25, 0.3) is 0 Å². The Labute approximate surface area is 159 Å². The smallest absolute Gasteiger partial charge is 0.221 e. The van der Waals surface area contributed by atoms with Gasteiger partial charge in [0.25, 0.3) is 0 Å². The highest BCUT2D eigenvalue weighted by Crippen LogP contribution is 2.36. The summed E-state index contributed by atoms with van der Waals surface area (Å²) in [6.07, 6.45) is 4.16. The molecule has 1 fully saturated rings. The van der Waals surface area contributed by atoms with E-state index in [4.69, 9.17) is 9.47 Å². The Balaban J connectivity index is 1.84. The molecule has 27 heavy (non-hydrogen) atoms. The van der Waals surface area contributed by atoms with E-state index in [0.29, 0.717) is 0 Å². The molecule has 3 rings (SSSR count). The molecule has 0 aliphatic carbocycles. The van der Waals surface area contributed by atoms with Crippen LogP contribution in [0.3, 0.4) is 0 Å². The van der Waals surface area contributed by atoms with Crippen molar-refractivity contribution in [2.24, 2.45) is 4.99 Å². The van der Waals surface area contributed by atoms with E-state index in [1.54, 1.807) is 20.4 Å². The Kier molecular flexibility index (Phi) is 5.96. The van der Waals surface area contributed by atoms with Gasteiger partial charge >= 0.3 is 0 Å². The summed E-state index contributed by atoms with van der Waals surface area (Å²) in [6.45, 7) is 3.55. The summed E-state index contributed by atoms with van der Waals surface area (Å²) in [5, 5.41) is 2.74.